The summed E-state index contributed by atoms with van der Waals surface area (Å²) in [5.41, 5.74) is -2.49. The van der Waals surface area contributed by atoms with Crippen molar-refractivity contribution in [3.8, 4) is 0 Å². The van der Waals surface area contributed by atoms with Gasteiger partial charge in [0.25, 0.3) is 0 Å². The van der Waals surface area contributed by atoms with E-state index >= 15 is 0 Å². The minimum atomic E-state index is -4.05. The molecule has 4 rings (SSSR count). The molecule has 0 aromatic heterocycles. The average Bonchev–Trinajstić information content (AvgIpc) is 3.38. The number of sulfone groups is 2. The molecule has 39 heavy (non-hydrogen) atoms. The summed E-state index contributed by atoms with van der Waals surface area (Å²) in [6, 6.07) is 6.38. The Labute approximate surface area is 232 Å². The normalized spacial score (nSPS) is 18.7. The van der Waals surface area contributed by atoms with Gasteiger partial charge in [-0.3, -0.25) is 0 Å². The molecule has 0 spiro atoms. The van der Waals surface area contributed by atoms with Crippen molar-refractivity contribution in [2.75, 3.05) is 0 Å². The lowest BCUT2D eigenvalue weighted by Crippen LogP contribution is -2.25. The Bertz CT molecular complexity index is 1500. The molecular weight excluding hydrogens is 632 g/mol. The molecule has 8 nitrogen and oxygen atoms in total. The van der Waals surface area contributed by atoms with Gasteiger partial charge in [-0.15, -0.1) is 0 Å². The van der Waals surface area contributed by atoms with Crippen LogP contribution in [0.4, 0.5) is 17.6 Å². The molecular formula is C24H25BrF4N2O6S2. The Hall–Kier alpha value is -2.52. The van der Waals surface area contributed by atoms with Crippen molar-refractivity contribution in [3.63, 3.8) is 0 Å². The molecule has 0 amide bonds. The topological polar surface area (TPSA) is 111 Å². The van der Waals surface area contributed by atoms with Crippen molar-refractivity contribution in [3.05, 3.63) is 70.8 Å². The van der Waals surface area contributed by atoms with Crippen LogP contribution in [0.2, 0.25) is 0 Å². The van der Waals surface area contributed by atoms with E-state index in [4.69, 9.17) is 9.68 Å². The molecule has 0 N–H and O–H groups in total. The smallest absolute Gasteiger partial charge is 0.212 e. The maximum Gasteiger partial charge on any atom is 0.212 e. The van der Waals surface area contributed by atoms with Gasteiger partial charge in [-0.25, -0.2) is 34.4 Å². The van der Waals surface area contributed by atoms with Gasteiger partial charge >= 0.3 is 0 Å². The monoisotopic (exact) mass is 656 g/mol. The SMILES string of the molecule is CC1(C)CC(S(=O)(=O)C(Br)c2c(F)cccc2F)=NO1.CC1(C)CC(S(=O)(=O)Cc2c(F)cccc2F)=NO1. The van der Waals surface area contributed by atoms with E-state index in [1.165, 1.54) is 12.1 Å². The van der Waals surface area contributed by atoms with Gasteiger partial charge in [0.15, 0.2) is 24.1 Å². The second kappa shape index (κ2) is 11.2. The summed E-state index contributed by atoms with van der Waals surface area (Å²) in [6.07, 6.45) is 0.138. The molecule has 0 saturated carbocycles. The first-order valence-corrected chi connectivity index (χ1v) is 15.5. The molecule has 2 aromatic carbocycles. The summed E-state index contributed by atoms with van der Waals surface area (Å²) >= 11 is 2.85. The molecule has 0 saturated heterocycles. The average molecular weight is 658 g/mol. The van der Waals surface area contributed by atoms with Crippen molar-refractivity contribution in [2.45, 2.75) is 61.7 Å². The summed E-state index contributed by atoms with van der Waals surface area (Å²) < 4.78 is 101. The maximum absolute atomic E-state index is 13.7. The van der Waals surface area contributed by atoms with Gasteiger partial charge in [0.05, 0.1) is 11.3 Å². The minimum absolute atomic E-state index is 0.0491. The fraction of sp³-hybridized carbons (Fsp3) is 0.417. The molecule has 2 heterocycles. The van der Waals surface area contributed by atoms with Crippen molar-refractivity contribution in [1.29, 1.82) is 0 Å². The number of hydrogen-bond acceptors (Lipinski definition) is 8. The highest BCUT2D eigenvalue weighted by Gasteiger charge is 2.41. The standard InChI is InChI=1S/C12H12BrF2NO3S.C12H13F2NO3S/c1-12(2)6-9(16-19-12)20(17,18)11(13)10-7(14)4-3-5-8(10)15;1-12(2)6-11(15-18-12)19(16,17)7-8-9(13)4-3-5-10(8)14/h3-5,11H,6H2,1-2H3;3-5H,6-7H2,1-2H3. The number of hydrogen-bond donors (Lipinski definition) is 0. The molecule has 0 radical (unpaired) electrons. The van der Waals surface area contributed by atoms with Crippen LogP contribution in [0.3, 0.4) is 0 Å². The van der Waals surface area contributed by atoms with E-state index in [1.54, 1.807) is 27.7 Å². The molecule has 0 fully saturated rings. The molecule has 214 valence electrons. The second-order valence-electron chi connectivity index (χ2n) is 9.98. The Kier molecular flexibility index (Phi) is 8.87. The summed E-state index contributed by atoms with van der Waals surface area (Å²) in [7, 11) is -7.93. The van der Waals surface area contributed by atoms with Gasteiger partial charge in [0.1, 0.15) is 34.5 Å². The van der Waals surface area contributed by atoms with E-state index in [1.807, 2.05) is 0 Å². The van der Waals surface area contributed by atoms with Crippen molar-refractivity contribution >= 4 is 45.7 Å². The molecule has 2 aliphatic rings. The quantitative estimate of drug-likeness (QED) is 0.309. The summed E-state index contributed by atoms with van der Waals surface area (Å²) in [5, 5.41) is 6.61. The van der Waals surface area contributed by atoms with Crippen LogP contribution in [0.25, 0.3) is 0 Å². The second-order valence-corrected chi connectivity index (χ2v) is 15.5. The fourth-order valence-electron chi connectivity index (χ4n) is 3.47. The first-order valence-electron chi connectivity index (χ1n) is 11.3. The lowest BCUT2D eigenvalue weighted by atomic mass is 10.1. The first-order chi connectivity index (χ1) is 17.9. The number of alkyl halides is 1. The van der Waals surface area contributed by atoms with Crippen molar-refractivity contribution < 1.29 is 44.1 Å². The highest BCUT2D eigenvalue weighted by Crippen LogP contribution is 2.37. The fourth-order valence-corrected chi connectivity index (χ4v) is 7.56. The number of rotatable bonds is 4. The van der Waals surface area contributed by atoms with Crippen molar-refractivity contribution in [1.82, 2.24) is 0 Å². The predicted molar refractivity (Wildman–Crippen MR) is 140 cm³/mol. The summed E-state index contributed by atoms with van der Waals surface area (Å²) in [6.45, 7) is 6.71. The Morgan fingerprint density at radius 1 is 0.795 bits per heavy atom. The third kappa shape index (κ3) is 7.17. The number of oxime groups is 2. The zero-order valence-corrected chi connectivity index (χ0v) is 24.4. The van der Waals surface area contributed by atoms with Gasteiger partial charge in [0, 0.05) is 18.4 Å². The molecule has 15 heteroatoms. The minimum Gasteiger partial charge on any atom is -0.389 e. The largest absolute Gasteiger partial charge is 0.389 e. The number of nitrogens with zero attached hydrogens (tertiary/aromatic N) is 2. The molecule has 0 bridgehead atoms. The van der Waals surface area contributed by atoms with Crippen LogP contribution in [0.15, 0.2) is 46.7 Å². The third-order valence-electron chi connectivity index (χ3n) is 5.53. The molecule has 0 aliphatic carbocycles. The van der Waals surface area contributed by atoms with Crippen LogP contribution < -0.4 is 0 Å². The van der Waals surface area contributed by atoms with Crippen LogP contribution in [-0.2, 0) is 35.1 Å². The molecule has 1 atom stereocenters. The lowest BCUT2D eigenvalue weighted by molar-refractivity contribution is 0.0120. The van der Waals surface area contributed by atoms with Gasteiger partial charge in [0.2, 0.25) is 9.84 Å². The van der Waals surface area contributed by atoms with E-state index in [9.17, 15) is 34.4 Å². The van der Waals surface area contributed by atoms with Crippen molar-refractivity contribution in [2.24, 2.45) is 10.3 Å². The highest BCUT2D eigenvalue weighted by molar-refractivity contribution is 9.11. The molecule has 2 aromatic rings. The van der Waals surface area contributed by atoms with Gasteiger partial charge < -0.3 is 9.68 Å². The van der Waals surface area contributed by atoms with E-state index in [-0.39, 0.29) is 22.9 Å². The van der Waals surface area contributed by atoms with E-state index < -0.39 is 75.2 Å². The summed E-state index contributed by atoms with van der Waals surface area (Å²) in [4.78, 5) is 9.94. The van der Waals surface area contributed by atoms with E-state index in [2.05, 4.69) is 26.2 Å². The Morgan fingerprint density at radius 3 is 1.62 bits per heavy atom. The number of halogens is 5. The van der Waals surface area contributed by atoms with E-state index in [0.717, 1.165) is 24.3 Å². The Balaban J connectivity index is 0.000000216. The molecule has 2 aliphatic heterocycles. The van der Waals surface area contributed by atoms with Crippen LogP contribution in [0, 0.1) is 23.3 Å². The molecule has 1 unspecified atom stereocenters. The highest BCUT2D eigenvalue weighted by atomic mass is 79.9. The zero-order valence-electron chi connectivity index (χ0n) is 21.2. The lowest BCUT2D eigenvalue weighted by Gasteiger charge is -2.15. The van der Waals surface area contributed by atoms with Crippen LogP contribution in [0.1, 0.15) is 55.8 Å². The summed E-state index contributed by atoms with van der Waals surface area (Å²) in [5.74, 6) is -4.41. The van der Waals surface area contributed by atoms with E-state index in [0.29, 0.717) is 0 Å². The zero-order chi connectivity index (χ0) is 29.4. The third-order valence-corrected chi connectivity index (χ3v) is 10.7. The first kappa shape index (κ1) is 31.0. The number of benzene rings is 2. The van der Waals surface area contributed by atoms with Crippen LogP contribution in [-0.4, -0.2) is 38.1 Å². The Morgan fingerprint density at radius 2 is 1.21 bits per heavy atom. The van der Waals surface area contributed by atoms with Gasteiger partial charge in [-0.05, 0) is 52.0 Å². The van der Waals surface area contributed by atoms with Gasteiger partial charge in [-0.1, -0.05) is 38.4 Å². The van der Waals surface area contributed by atoms with Crippen LogP contribution in [0.5, 0.6) is 0 Å². The maximum atomic E-state index is 13.7. The van der Waals surface area contributed by atoms with Gasteiger partial charge in [-0.2, -0.15) is 0 Å². The predicted octanol–water partition coefficient (Wildman–Crippen LogP) is 5.68. The van der Waals surface area contributed by atoms with Crippen LogP contribution >= 0.6 is 15.9 Å².